The first kappa shape index (κ1) is 34.3. The van der Waals surface area contributed by atoms with Gasteiger partial charge in [-0.2, -0.15) is 6.07 Å². The third-order valence-corrected chi connectivity index (χ3v) is 11.8. The summed E-state index contributed by atoms with van der Waals surface area (Å²) in [5.74, 6) is 2.66. The van der Waals surface area contributed by atoms with Crippen LogP contribution in [0.15, 0.2) is 65.8 Å². The molecule has 0 N–H and O–H groups in total. The molecule has 278 valence electrons. The van der Waals surface area contributed by atoms with Crippen molar-refractivity contribution >= 4 is 27.7 Å². The Kier molecular flexibility index (Phi) is 7.87. The fourth-order valence-electron chi connectivity index (χ4n) is 8.67. The van der Waals surface area contributed by atoms with Gasteiger partial charge in [0.05, 0.1) is 6.04 Å². The smallest absolute Gasteiger partial charge is 0.512 e. The Bertz CT molecular complexity index is 2670. The SMILES string of the molecule is [2H]C1([2H])c2cc(C)cc(C)c2C[C@]2(C)OC(c3[c-]c(Oc4[c-]c5c(cc4C)c4cc(C(C)(C)C)cc6c4n5-c4ncccc4C6(C)C)cc(C(C)C)c3)=N[C@@H]12.[Pt+2]. The van der Waals surface area contributed by atoms with Crippen LogP contribution in [0.2, 0.25) is 0 Å². The molecule has 2 atom stereocenters. The molecule has 6 aromatic rings. The summed E-state index contributed by atoms with van der Waals surface area (Å²) in [7, 11) is 0. The van der Waals surface area contributed by atoms with E-state index >= 15 is 0 Å². The van der Waals surface area contributed by atoms with Crippen LogP contribution < -0.4 is 4.74 Å². The standard InChI is InChI=1S/C48H49N3O2.Pt/c1-26(2)30-18-32(45-50-42-21-31-16-27(3)15-28(4)37(31)25-48(42,11)53-45)20-34(19-30)52-41-24-40-35(17-29(41)5)36-22-33(46(6,7)8)23-39-43(36)51(40)44-38(47(39,9)10)13-12-14-49-44;/h12-19,22-23,26,42H,21,25H2,1-11H3;/q-2;+2/t42-,48-;/m0./s1/i21D2;. The Morgan fingerprint density at radius 2 is 1.74 bits per heavy atom. The number of hydrogen-bond acceptors (Lipinski definition) is 4. The summed E-state index contributed by atoms with van der Waals surface area (Å²) >= 11 is 0. The van der Waals surface area contributed by atoms with Crippen LogP contribution in [-0.2, 0) is 49.4 Å². The maximum Gasteiger partial charge on any atom is 2.00 e. The molecule has 4 aromatic carbocycles. The fraction of sp³-hybridized carbons (Fsp3) is 0.375. The summed E-state index contributed by atoms with van der Waals surface area (Å²) in [4.78, 5) is 9.97. The zero-order chi connectivity index (χ0) is 39.1. The van der Waals surface area contributed by atoms with Gasteiger partial charge in [0, 0.05) is 43.4 Å². The largest absolute Gasteiger partial charge is 2.00 e. The molecule has 2 aromatic heterocycles. The fourth-order valence-corrected chi connectivity index (χ4v) is 8.67. The van der Waals surface area contributed by atoms with Gasteiger partial charge < -0.3 is 14.0 Å². The normalized spacial score (nSPS) is 21.0. The summed E-state index contributed by atoms with van der Waals surface area (Å²) in [6.07, 6.45) is 0.751. The Hall–Kier alpha value is -4.21. The Balaban J connectivity index is 0.00000441. The van der Waals surface area contributed by atoms with Crippen molar-refractivity contribution < 1.29 is 33.3 Å². The van der Waals surface area contributed by atoms with Crippen LogP contribution in [0.5, 0.6) is 11.5 Å². The van der Waals surface area contributed by atoms with Gasteiger partial charge in [-0.3, -0.25) is 4.99 Å². The van der Waals surface area contributed by atoms with Gasteiger partial charge >= 0.3 is 21.1 Å². The Morgan fingerprint density at radius 3 is 2.48 bits per heavy atom. The van der Waals surface area contributed by atoms with E-state index in [4.69, 9.17) is 19.5 Å². The van der Waals surface area contributed by atoms with Gasteiger partial charge in [0.25, 0.3) is 0 Å². The van der Waals surface area contributed by atoms with Gasteiger partial charge in [0.2, 0.25) is 0 Å². The third-order valence-electron chi connectivity index (χ3n) is 11.8. The first-order chi connectivity index (χ1) is 25.8. The third kappa shape index (κ3) is 5.59. The molecule has 4 heterocycles. The molecule has 6 heteroatoms. The van der Waals surface area contributed by atoms with Crippen molar-refractivity contribution in [2.75, 3.05) is 0 Å². The first-order valence-electron chi connectivity index (χ1n) is 19.9. The van der Waals surface area contributed by atoms with Crippen LogP contribution in [-0.4, -0.2) is 27.1 Å². The molecule has 0 saturated carbocycles. The number of ether oxygens (including phenoxy) is 2. The van der Waals surface area contributed by atoms with Gasteiger partial charge in [-0.15, -0.1) is 28.6 Å². The van der Waals surface area contributed by atoms with E-state index in [0.717, 1.165) is 44.5 Å². The molecule has 3 aliphatic rings. The molecule has 0 saturated heterocycles. The quantitative estimate of drug-likeness (QED) is 0.166. The van der Waals surface area contributed by atoms with Crippen LogP contribution in [0.25, 0.3) is 27.6 Å². The second-order valence-corrected chi connectivity index (χ2v) is 17.7. The molecule has 1 aliphatic carbocycles. The minimum absolute atomic E-state index is 0. The van der Waals surface area contributed by atoms with Crippen LogP contribution in [0, 0.1) is 32.9 Å². The van der Waals surface area contributed by atoms with Crippen molar-refractivity contribution in [3.05, 3.63) is 129 Å². The number of benzene rings is 4. The van der Waals surface area contributed by atoms with Gasteiger partial charge in [0.1, 0.15) is 17.3 Å². The summed E-state index contributed by atoms with van der Waals surface area (Å²) in [6.45, 7) is 23.9. The van der Waals surface area contributed by atoms with E-state index in [1.807, 2.05) is 38.2 Å². The summed E-state index contributed by atoms with van der Waals surface area (Å²) in [5, 5.41) is 2.31. The monoisotopic (exact) mass is 896 g/mol. The predicted octanol–water partition coefficient (Wildman–Crippen LogP) is 11.3. The maximum atomic E-state index is 9.33. The van der Waals surface area contributed by atoms with Gasteiger partial charge in [-0.1, -0.05) is 114 Å². The number of nitrogens with zero attached hydrogens (tertiary/aromatic N) is 3. The molecule has 0 radical (unpaired) electrons. The molecule has 5 nitrogen and oxygen atoms in total. The zero-order valence-corrected chi connectivity index (χ0v) is 35.4. The molecule has 0 spiro atoms. The van der Waals surface area contributed by atoms with Gasteiger partial charge in [-0.05, 0) is 77.7 Å². The Morgan fingerprint density at radius 1 is 0.963 bits per heavy atom. The molecular formula is C48H49N3O2Pt. The van der Waals surface area contributed by atoms with Crippen molar-refractivity contribution in [1.29, 1.82) is 0 Å². The number of aryl methyl sites for hydroxylation is 3. The van der Waals surface area contributed by atoms with Crippen molar-refractivity contribution in [3.63, 3.8) is 0 Å². The molecular weight excluding hydrogens is 846 g/mol. The minimum atomic E-state index is -1.70. The number of rotatable bonds is 4. The number of fused-ring (bicyclic) bond motifs is 7. The van der Waals surface area contributed by atoms with E-state index in [1.165, 1.54) is 27.6 Å². The van der Waals surface area contributed by atoms with Crippen molar-refractivity contribution in [2.24, 2.45) is 4.99 Å². The van der Waals surface area contributed by atoms with E-state index in [9.17, 15) is 2.74 Å². The maximum absolute atomic E-state index is 9.33. The number of pyridine rings is 1. The van der Waals surface area contributed by atoms with Crippen LogP contribution in [0.1, 0.15) is 120 Å². The molecule has 2 aliphatic heterocycles. The average molecular weight is 897 g/mol. The Labute approximate surface area is 337 Å². The molecule has 0 amide bonds. The van der Waals surface area contributed by atoms with E-state index in [1.54, 1.807) is 0 Å². The van der Waals surface area contributed by atoms with Gasteiger partial charge in [0.15, 0.2) is 0 Å². The second kappa shape index (κ2) is 12.4. The topological polar surface area (TPSA) is 48.6 Å². The first-order valence-corrected chi connectivity index (χ1v) is 18.9. The number of aromatic nitrogens is 2. The van der Waals surface area contributed by atoms with Crippen molar-refractivity contribution in [1.82, 2.24) is 9.55 Å². The van der Waals surface area contributed by atoms with Crippen molar-refractivity contribution in [2.45, 2.75) is 117 Å². The summed E-state index contributed by atoms with van der Waals surface area (Å²) < 4.78 is 34.4. The molecule has 0 fully saturated rings. The zero-order valence-electron chi connectivity index (χ0n) is 35.1. The van der Waals surface area contributed by atoms with E-state index in [-0.39, 0.29) is 37.8 Å². The van der Waals surface area contributed by atoms with E-state index in [0.29, 0.717) is 34.9 Å². The summed E-state index contributed by atoms with van der Waals surface area (Å²) in [6, 6.07) is 25.9. The summed E-state index contributed by atoms with van der Waals surface area (Å²) in [5.41, 5.74) is 11.3. The second-order valence-electron chi connectivity index (χ2n) is 17.7. The average Bonchev–Trinajstić information content (AvgIpc) is 3.63. The van der Waals surface area contributed by atoms with Crippen LogP contribution >= 0.6 is 0 Å². The van der Waals surface area contributed by atoms with E-state index < -0.39 is 18.0 Å². The predicted molar refractivity (Wildman–Crippen MR) is 216 cm³/mol. The van der Waals surface area contributed by atoms with Crippen LogP contribution in [0.3, 0.4) is 0 Å². The molecule has 0 unspecified atom stereocenters. The van der Waals surface area contributed by atoms with Crippen molar-refractivity contribution in [3.8, 4) is 17.3 Å². The minimum Gasteiger partial charge on any atom is -0.512 e. The van der Waals surface area contributed by atoms with Gasteiger partial charge in [-0.25, -0.2) is 4.98 Å². The van der Waals surface area contributed by atoms with Crippen LogP contribution in [0.4, 0.5) is 0 Å². The number of aliphatic imine (C=N–C) groups is 1. The van der Waals surface area contributed by atoms with E-state index in [2.05, 4.69) is 115 Å². The number of hydrogen-bond donors (Lipinski definition) is 0. The molecule has 54 heavy (non-hydrogen) atoms. The molecule has 0 bridgehead atoms. The molecule has 9 rings (SSSR count).